The molecule has 0 aliphatic carbocycles. The Hall–Kier alpha value is -3.63. The topological polar surface area (TPSA) is 110 Å². The zero-order chi connectivity index (χ0) is 26.2. The summed E-state index contributed by atoms with van der Waals surface area (Å²) in [5.41, 5.74) is 1.72. The number of nitro benzene ring substituents is 1. The van der Waals surface area contributed by atoms with Gasteiger partial charge >= 0.3 is 0 Å². The fraction of sp³-hybridized carbons (Fsp3) is 0.240. The predicted octanol–water partition coefficient (Wildman–Crippen LogP) is 4.74. The first kappa shape index (κ1) is 25.5. The lowest BCUT2D eigenvalue weighted by Gasteiger charge is -2.29. The molecular weight excluding hydrogens is 506 g/mol. The number of nitro groups is 1. The number of methoxy groups -OCH3 is 1. The normalized spacial score (nSPS) is 14.9. The molecule has 3 aromatic carbocycles. The summed E-state index contributed by atoms with van der Waals surface area (Å²) in [6.45, 7) is 2.83. The first-order valence-electron chi connectivity index (χ1n) is 11.1. The maximum atomic E-state index is 13.9. The SMILES string of the molecule is COc1ccc(Cl)cc1N(CC(=O)N1c2ccccc2C[C@H]1C)S(=O)(=O)c1ccc(C)c([N+](=O)[O-])c1. The van der Waals surface area contributed by atoms with E-state index in [1.807, 2.05) is 31.2 Å². The van der Waals surface area contributed by atoms with Crippen molar-refractivity contribution in [2.75, 3.05) is 22.9 Å². The number of halogens is 1. The van der Waals surface area contributed by atoms with Gasteiger partial charge in [-0.3, -0.25) is 19.2 Å². The smallest absolute Gasteiger partial charge is 0.273 e. The minimum atomic E-state index is -4.45. The zero-order valence-electron chi connectivity index (χ0n) is 19.8. The summed E-state index contributed by atoms with van der Waals surface area (Å²) in [5, 5.41) is 11.7. The molecule has 0 unspecified atom stereocenters. The minimum Gasteiger partial charge on any atom is -0.495 e. The van der Waals surface area contributed by atoms with Gasteiger partial charge in [0.05, 0.1) is 22.6 Å². The number of rotatable bonds is 7. The van der Waals surface area contributed by atoms with Gasteiger partial charge < -0.3 is 9.64 Å². The number of hydrogen-bond donors (Lipinski definition) is 0. The molecule has 9 nitrogen and oxygen atoms in total. The number of nitrogens with zero attached hydrogens (tertiary/aromatic N) is 3. The van der Waals surface area contributed by atoms with Crippen molar-refractivity contribution in [1.82, 2.24) is 0 Å². The third kappa shape index (κ3) is 4.61. The van der Waals surface area contributed by atoms with Crippen LogP contribution in [0.25, 0.3) is 0 Å². The average molecular weight is 530 g/mol. The van der Waals surface area contributed by atoms with E-state index in [0.717, 1.165) is 21.6 Å². The summed E-state index contributed by atoms with van der Waals surface area (Å²) in [6, 6.07) is 15.3. The number of ether oxygens (including phenoxy) is 1. The Balaban J connectivity index is 1.84. The molecule has 11 heteroatoms. The van der Waals surface area contributed by atoms with Crippen LogP contribution in [0.2, 0.25) is 5.02 Å². The number of hydrogen-bond acceptors (Lipinski definition) is 6. The van der Waals surface area contributed by atoms with Crippen molar-refractivity contribution >= 4 is 44.6 Å². The van der Waals surface area contributed by atoms with Crippen LogP contribution < -0.4 is 13.9 Å². The molecule has 0 bridgehead atoms. The quantitative estimate of drug-likeness (QED) is 0.323. The van der Waals surface area contributed by atoms with Gasteiger partial charge in [-0.05, 0) is 56.2 Å². The van der Waals surface area contributed by atoms with E-state index in [1.54, 1.807) is 4.90 Å². The van der Waals surface area contributed by atoms with E-state index in [0.29, 0.717) is 12.0 Å². The summed E-state index contributed by atoms with van der Waals surface area (Å²) >= 11 is 6.19. The lowest BCUT2D eigenvalue weighted by molar-refractivity contribution is -0.385. The van der Waals surface area contributed by atoms with Crippen LogP contribution in [0.1, 0.15) is 18.1 Å². The van der Waals surface area contributed by atoms with E-state index in [1.165, 1.54) is 44.4 Å². The Labute approximate surface area is 214 Å². The average Bonchev–Trinajstić information content (AvgIpc) is 3.18. The van der Waals surface area contributed by atoms with Crippen LogP contribution in [0.4, 0.5) is 17.1 Å². The summed E-state index contributed by atoms with van der Waals surface area (Å²) < 4.78 is 34.1. The van der Waals surface area contributed by atoms with Crippen molar-refractivity contribution in [3.63, 3.8) is 0 Å². The number of carbonyl (C=O) groups excluding carboxylic acids is 1. The van der Waals surface area contributed by atoms with E-state index in [4.69, 9.17) is 16.3 Å². The van der Waals surface area contributed by atoms with Crippen molar-refractivity contribution in [2.24, 2.45) is 0 Å². The molecule has 36 heavy (non-hydrogen) atoms. The molecule has 4 rings (SSSR count). The fourth-order valence-corrected chi connectivity index (χ4v) is 5.98. The van der Waals surface area contributed by atoms with Crippen LogP contribution in [-0.4, -0.2) is 38.9 Å². The molecule has 1 heterocycles. The predicted molar refractivity (Wildman–Crippen MR) is 137 cm³/mol. The summed E-state index contributed by atoms with van der Waals surface area (Å²) in [7, 11) is -3.08. The number of benzene rings is 3. The Bertz CT molecular complexity index is 1460. The molecule has 0 radical (unpaired) electrons. The van der Waals surface area contributed by atoms with E-state index >= 15 is 0 Å². The molecule has 1 aliphatic rings. The van der Waals surface area contributed by atoms with Gasteiger partial charge in [0.25, 0.3) is 15.7 Å². The molecule has 0 N–H and O–H groups in total. The van der Waals surface area contributed by atoms with Gasteiger partial charge in [0.15, 0.2) is 0 Å². The van der Waals surface area contributed by atoms with Crippen LogP contribution >= 0.6 is 11.6 Å². The van der Waals surface area contributed by atoms with Crippen molar-refractivity contribution in [3.05, 3.63) is 86.9 Å². The molecule has 0 saturated heterocycles. The molecule has 3 aromatic rings. The summed E-state index contributed by atoms with van der Waals surface area (Å²) in [5.74, 6) is -0.285. The van der Waals surface area contributed by atoms with Crippen molar-refractivity contribution in [2.45, 2.75) is 31.2 Å². The third-order valence-electron chi connectivity index (χ3n) is 6.13. The fourth-order valence-electron chi connectivity index (χ4n) is 4.38. The highest BCUT2D eigenvalue weighted by molar-refractivity contribution is 7.92. The summed E-state index contributed by atoms with van der Waals surface area (Å²) in [6.07, 6.45) is 0.638. The Morgan fingerprint density at radius 2 is 1.92 bits per heavy atom. The maximum Gasteiger partial charge on any atom is 0.273 e. The zero-order valence-corrected chi connectivity index (χ0v) is 21.4. The van der Waals surface area contributed by atoms with Gasteiger partial charge in [-0.2, -0.15) is 0 Å². The van der Waals surface area contributed by atoms with Crippen LogP contribution in [-0.2, 0) is 21.2 Å². The van der Waals surface area contributed by atoms with Crippen molar-refractivity contribution in [3.8, 4) is 5.75 Å². The highest BCUT2D eigenvalue weighted by Crippen LogP contribution is 2.37. The second-order valence-electron chi connectivity index (χ2n) is 8.48. The molecule has 1 atom stereocenters. The lowest BCUT2D eigenvalue weighted by atomic mass is 10.1. The second-order valence-corrected chi connectivity index (χ2v) is 10.8. The van der Waals surface area contributed by atoms with Gasteiger partial charge in [0, 0.05) is 28.4 Å². The number of anilines is 2. The van der Waals surface area contributed by atoms with Gasteiger partial charge in [0.2, 0.25) is 5.91 Å². The summed E-state index contributed by atoms with van der Waals surface area (Å²) in [4.78, 5) is 25.7. The first-order valence-corrected chi connectivity index (χ1v) is 12.9. The first-order chi connectivity index (χ1) is 17.0. The minimum absolute atomic E-state index is 0.0433. The number of carbonyl (C=O) groups is 1. The Morgan fingerprint density at radius 1 is 1.19 bits per heavy atom. The standard InChI is InChI=1S/C25H24ClN3O6S/c1-16-8-10-20(14-22(16)29(31)32)36(33,34)27(23-13-19(26)9-11-24(23)35-3)15-25(30)28-17(2)12-18-6-4-5-7-21(18)28/h4-11,13-14,17H,12,15H2,1-3H3/t17-/m1/s1. The monoisotopic (exact) mass is 529 g/mol. The van der Waals surface area contributed by atoms with Crippen molar-refractivity contribution < 1.29 is 22.9 Å². The number of sulfonamides is 1. The highest BCUT2D eigenvalue weighted by Gasteiger charge is 2.36. The largest absolute Gasteiger partial charge is 0.495 e. The molecule has 1 aliphatic heterocycles. The molecule has 188 valence electrons. The van der Waals surface area contributed by atoms with Crippen LogP contribution in [0.3, 0.4) is 0 Å². The van der Waals surface area contributed by atoms with Crippen LogP contribution in [0.15, 0.2) is 65.6 Å². The molecular formula is C25H24ClN3O6S. The third-order valence-corrected chi connectivity index (χ3v) is 8.12. The van der Waals surface area contributed by atoms with Gasteiger partial charge in [0.1, 0.15) is 12.3 Å². The van der Waals surface area contributed by atoms with E-state index in [2.05, 4.69) is 0 Å². The Kier molecular flexibility index (Phi) is 6.92. The number of aryl methyl sites for hydroxylation is 1. The van der Waals surface area contributed by atoms with Crippen LogP contribution in [0.5, 0.6) is 5.75 Å². The Morgan fingerprint density at radius 3 is 2.61 bits per heavy atom. The van der Waals surface area contributed by atoms with E-state index < -0.39 is 27.4 Å². The van der Waals surface area contributed by atoms with E-state index in [-0.39, 0.29) is 33.1 Å². The molecule has 0 fully saturated rings. The highest BCUT2D eigenvalue weighted by atomic mass is 35.5. The number of para-hydroxylation sites is 1. The molecule has 1 amide bonds. The lowest BCUT2D eigenvalue weighted by Crippen LogP contribution is -2.45. The van der Waals surface area contributed by atoms with Gasteiger partial charge in [-0.15, -0.1) is 0 Å². The molecule has 0 saturated carbocycles. The molecule has 0 spiro atoms. The maximum absolute atomic E-state index is 13.9. The van der Waals surface area contributed by atoms with E-state index in [9.17, 15) is 23.3 Å². The second kappa shape index (κ2) is 9.79. The van der Waals surface area contributed by atoms with Gasteiger partial charge in [-0.1, -0.05) is 35.9 Å². The van der Waals surface area contributed by atoms with Gasteiger partial charge in [-0.25, -0.2) is 8.42 Å². The number of fused-ring (bicyclic) bond motifs is 1. The van der Waals surface area contributed by atoms with Crippen molar-refractivity contribution in [1.29, 1.82) is 0 Å². The number of amides is 1. The van der Waals surface area contributed by atoms with Crippen LogP contribution in [0, 0.1) is 17.0 Å². The molecule has 0 aromatic heterocycles.